The molecule has 0 unspecified atom stereocenters. The van der Waals surface area contributed by atoms with Crippen molar-refractivity contribution in [1.82, 2.24) is 4.98 Å². The third kappa shape index (κ3) is 1.81. The van der Waals surface area contributed by atoms with Crippen LogP contribution >= 0.6 is 11.6 Å². The van der Waals surface area contributed by atoms with Gasteiger partial charge in [-0.25, -0.2) is 4.39 Å². The normalized spacial score (nSPS) is 10.9. The molecule has 0 saturated heterocycles. The van der Waals surface area contributed by atoms with Crippen molar-refractivity contribution in [2.24, 2.45) is 0 Å². The molecule has 3 rings (SSSR count). The van der Waals surface area contributed by atoms with Gasteiger partial charge in [0, 0.05) is 17.1 Å². The number of H-pyrrole nitrogens is 1. The quantitative estimate of drug-likeness (QED) is 0.644. The lowest BCUT2D eigenvalue weighted by Crippen LogP contribution is -1.79. The standard InChI is InChI=1S/C14H9ClFN/c15-13-8-17-14-7-10(3-6-12(13)14)9-1-4-11(16)5-2-9/h1-8,17H. The van der Waals surface area contributed by atoms with Crippen LogP contribution in [0.4, 0.5) is 4.39 Å². The molecule has 0 amide bonds. The largest absolute Gasteiger partial charge is 0.360 e. The summed E-state index contributed by atoms with van der Waals surface area (Å²) in [5.74, 6) is -0.224. The van der Waals surface area contributed by atoms with Crippen LogP contribution in [-0.4, -0.2) is 4.98 Å². The molecule has 84 valence electrons. The van der Waals surface area contributed by atoms with E-state index in [0.717, 1.165) is 22.0 Å². The second-order valence-electron chi connectivity index (χ2n) is 3.90. The lowest BCUT2D eigenvalue weighted by Gasteiger charge is -2.02. The first-order chi connectivity index (χ1) is 8.24. The topological polar surface area (TPSA) is 15.8 Å². The number of benzene rings is 2. The van der Waals surface area contributed by atoms with Crippen molar-refractivity contribution in [3.63, 3.8) is 0 Å². The van der Waals surface area contributed by atoms with Crippen molar-refractivity contribution in [3.8, 4) is 11.1 Å². The highest BCUT2D eigenvalue weighted by atomic mass is 35.5. The van der Waals surface area contributed by atoms with E-state index in [-0.39, 0.29) is 5.82 Å². The second-order valence-corrected chi connectivity index (χ2v) is 4.31. The Morgan fingerprint density at radius 1 is 0.941 bits per heavy atom. The minimum atomic E-state index is -0.224. The molecular formula is C14H9ClFN. The fourth-order valence-electron chi connectivity index (χ4n) is 1.91. The van der Waals surface area contributed by atoms with Crippen LogP contribution in [0.15, 0.2) is 48.7 Å². The molecule has 0 fully saturated rings. The lowest BCUT2D eigenvalue weighted by atomic mass is 10.0. The van der Waals surface area contributed by atoms with Gasteiger partial charge in [0.2, 0.25) is 0 Å². The van der Waals surface area contributed by atoms with E-state index in [9.17, 15) is 4.39 Å². The van der Waals surface area contributed by atoms with Gasteiger partial charge in [0.25, 0.3) is 0 Å². The van der Waals surface area contributed by atoms with Crippen molar-refractivity contribution in [2.75, 3.05) is 0 Å². The summed E-state index contributed by atoms with van der Waals surface area (Å²) in [6.07, 6.45) is 1.76. The minimum absolute atomic E-state index is 0.224. The number of fused-ring (bicyclic) bond motifs is 1. The van der Waals surface area contributed by atoms with Crippen LogP contribution in [0, 0.1) is 5.82 Å². The lowest BCUT2D eigenvalue weighted by molar-refractivity contribution is 0.628. The predicted octanol–water partition coefficient (Wildman–Crippen LogP) is 4.63. The van der Waals surface area contributed by atoms with Crippen LogP contribution in [0.1, 0.15) is 0 Å². The highest BCUT2D eigenvalue weighted by Crippen LogP contribution is 2.28. The molecule has 3 aromatic rings. The molecule has 0 radical (unpaired) electrons. The van der Waals surface area contributed by atoms with E-state index in [4.69, 9.17) is 11.6 Å². The summed E-state index contributed by atoms with van der Waals surface area (Å²) < 4.78 is 12.8. The molecule has 1 heterocycles. The summed E-state index contributed by atoms with van der Waals surface area (Å²) in [7, 11) is 0. The van der Waals surface area contributed by atoms with Crippen LogP contribution in [0.25, 0.3) is 22.0 Å². The molecule has 1 aromatic heterocycles. The molecule has 1 N–H and O–H groups in total. The zero-order chi connectivity index (χ0) is 11.8. The summed E-state index contributed by atoms with van der Waals surface area (Å²) in [5, 5.41) is 1.71. The minimum Gasteiger partial charge on any atom is -0.360 e. The van der Waals surface area contributed by atoms with Crippen molar-refractivity contribution in [1.29, 1.82) is 0 Å². The fraction of sp³-hybridized carbons (Fsp3) is 0. The molecule has 0 aliphatic heterocycles. The molecule has 3 heteroatoms. The average molecular weight is 246 g/mol. The monoisotopic (exact) mass is 245 g/mol. The van der Waals surface area contributed by atoms with E-state index in [1.165, 1.54) is 12.1 Å². The van der Waals surface area contributed by atoms with Crippen LogP contribution in [0.5, 0.6) is 0 Å². The van der Waals surface area contributed by atoms with Crippen molar-refractivity contribution < 1.29 is 4.39 Å². The molecule has 0 bridgehead atoms. The average Bonchev–Trinajstić information content (AvgIpc) is 2.72. The van der Waals surface area contributed by atoms with Gasteiger partial charge in [-0.05, 0) is 29.3 Å². The van der Waals surface area contributed by atoms with E-state index >= 15 is 0 Å². The van der Waals surface area contributed by atoms with E-state index < -0.39 is 0 Å². The van der Waals surface area contributed by atoms with Crippen molar-refractivity contribution >= 4 is 22.5 Å². The molecule has 17 heavy (non-hydrogen) atoms. The van der Waals surface area contributed by atoms with Crippen LogP contribution in [0.2, 0.25) is 5.02 Å². The first-order valence-corrected chi connectivity index (χ1v) is 5.64. The number of hydrogen-bond acceptors (Lipinski definition) is 0. The van der Waals surface area contributed by atoms with E-state index in [2.05, 4.69) is 4.98 Å². The number of hydrogen-bond donors (Lipinski definition) is 1. The van der Waals surface area contributed by atoms with Gasteiger partial charge >= 0.3 is 0 Å². The van der Waals surface area contributed by atoms with Crippen LogP contribution in [0.3, 0.4) is 0 Å². The highest BCUT2D eigenvalue weighted by molar-refractivity contribution is 6.35. The Morgan fingerprint density at radius 3 is 2.41 bits per heavy atom. The number of aromatic nitrogens is 1. The smallest absolute Gasteiger partial charge is 0.123 e. The first kappa shape index (κ1) is 10.4. The second kappa shape index (κ2) is 3.90. The Labute approximate surface area is 103 Å². The third-order valence-electron chi connectivity index (χ3n) is 2.81. The Hall–Kier alpha value is -1.80. The molecule has 0 atom stereocenters. The van der Waals surface area contributed by atoms with E-state index in [1.54, 1.807) is 18.3 Å². The van der Waals surface area contributed by atoms with Gasteiger partial charge < -0.3 is 4.98 Å². The maximum absolute atomic E-state index is 12.8. The van der Waals surface area contributed by atoms with Crippen LogP contribution in [-0.2, 0) is 0 Å². The predicted molar refractivity (Wildman–Crippen MR) is 68.7 cm³/mol. The van der Waals surface area contributed by atoms with Gasteiger partial charge in [0.05, 0.1) is 5.02 Å². The first-order valence-electron chi connectivity index (χ1n) is 5.26. The van der Waals surface area contributed by atoms with Gasteiger partial charge in [-0.3, -0.25) is 0 Å². The molecule has 0 aliphatic carbocycles. The van der Waals surface area contributed by atoms with Crippen molar-refractivity contribution in [3.05, 3.63) is 59.5 Å². The number of aromatic amines is 1. The summed E-state index contributed by atoms with van der Waals surface area (Å²) in [6, 6.07) is 12.4. The maximum atomic E-state index is 12.8. The molecule has 0 aliphatic rings. The molecule has 0 spiro atoms. The summed E-state index contributed by atoms with van der Waals surface area (Å²) in [6.45, 7) is 0. The summed E-state index contributed by atoms with van der Waals surface area (Å²) in [5.41, 5.74) is 3.01. The summed E-state index contributed by atoms with van der Waals surface area (Å²) >= 11 is 6.01. The Morgan fingerprint density at radius 2 is 1.65 bits per heavy atom. The number of halogens is 2. The zero-order valence-electron chi connectivity index (χ0n) is 8.87. The van der Waals surface area contributed by atoms with Gasteiger partial charge in [-0.15, -0.1) is 0 Å². The van der Waals surface area contributed by atoms with E-state index in [1.807, 2.05) is 18.2 Å². The van der Waals surface area contributed by atoms with E-state index in [0.29, 0.717) is 5.02 Å². The Balaban J connectivity index is 2.14. The van der Waals surface area contributed by atoms with Crippen LogP contribution < -0.4 is 0 Å². The SMILES string of the molecule is Fc1ccc(-c2ccc3c(Cl)c[nH]c3c2)cc1. The van der Waals surface area contributed by atoms with Crippen molar-refractivity contribution in [2.45, 2.75) is 0 Å². The highest BCUT2D eigenvalue weighted by Gasteiger charge is 2.03. The van der Waals surface area contributed by atoms with Gasteiger partial charge in [-0.1, -0.05) is 35.9 Å². The van der Waals surface area contributed by atoms with Gasteiger partial charge in [0.1, 0.15) is 5.82 Å². The third-order valence-corrected chi connectivity index (χ3v) is 3.12. The Bertz CT molecular complexity index is 670. The fourth-order valence-corrected chi connectivity index (χ4v) is 2.13. The van der Waals surface area contributed by atoms with Gasteiger partial charge in [-0.2, -0.15) is 0 Å². The number of nitrogens with one attached hydrogen (secondary N) is 1. The van der Waals surface area contributed by atoms with Gasteiger partial charge in [0.15, 0.2) is 0 Å². The summed E-state index contributed by atoms with van der Waals surface area (Å²) in [4.78, 5) is 3.10. The molecule has 2 aromatic carbocycles. The number of rotatable bonds is 1. The molecular weight excluding hydrogens is 237 g/mol. The molecule has 1 nitrogen and oxygen atoms in total. The molecule has 0 saturated carbocycles. The zero-order valence-corrected chi connectivity index (χ0v) is 9.63. The Kier molecular flexibility index (Phi) is 2.37. The maximum Gasteiger partial charge on any atom is 0.123 e.